The molecule has 1 atom stereocenters. The topological polar surface area (TPSA) is 122 Å². The van der Waals surface area contributed by atoms with Crippen molar-refractivity contribution >= 4 is 23.4 Å². The molecule has 0 aliphatic carbocycles. The molecule has 1 heterocycles. The zero-order valence-electron chi connectivity index (χ0n) is 16.7. The number of anilines is 1. The van der Waals surface area contributed by atoms with Gasteiger partial charge in [0.25, 0.3) is 11.8 Å². The Morgan fingerprint density at radius 3 is 2.69 bits per heavy atom. The highest BCUT2D eigenvalue weighted by Gasteiger charge is 2.13. The van der Waals surface area contributed by atoms with E-state index in [1.54, 1.807) is 31.2 Å². The van der Waals surface area contributed by atoms with Gasteiger partial charge in [0.15, 0.2) is 0 Å². The minimum atomic E-state index is -0.366. The third-order valence-electron chi connectivity index (χ3n) is 4.02. The minimum Gasteiger partial charge on any atom is -0.480 e. The smallest absolute Gasteiger partial charge is 0.271 e. The van der Waals surface area contributed by atoms with Crippen molar-refractivity contribution in [3.63, 3.8) is 0 Å². The van der Waals surface area contributed by atoms with Gasteiger partial charge in [0.2, 0.25) is 11.8 Å². The van der Waals surface area contributed by atoms with Crippen molar-refractivity contribution in [3.05, 3.63) is 47.9 Å². The maximum atomic E-state index is 12.3. The number of hydrogen-bond acceptors (Lipinski definition) is 6. The van der Waals surface area contributed by atoms with Crippen LogP contribution in [-0.4, -0.2) is 47.4 Å². The maximum Gasteiger partial charge on any atom is 0.271 e. The van der Waals surface area contributed by atoms with E-state index in [0.717, 1.165) is 0 Å². The first-order chi connectivity index (χ1) is 13.9. The lowest BCUT2D eigenvalue weighted by Crippen LogP contribution is -2.36. The van der Waals surface area contributed by atoms with E-state index in [0.29, 0.717) is 30.6 Å². The summed E-state index contributed by atoms with van der Waals surface area (Å²) in [5.74, 6) is -0.479. The normalized spacial score (nSPS) is 11.3. The number of hydrogen-bond donors (Lipinski definition) is 3. The van der Waals surface area contributed by atoms with Gasteiger partial charge in [-0.15, -0.1) is 0 Å². The van der Waals surface area contributed by atoms with Crippen LogP contribution in [0.25, 0.3) is 0 Å². The summed E-state index contributed by atoms with van der Waals surface area (Å²) < 4.78 is 4.95. The first-order valence-electron chi connectivity index (χ1n) is 9.28. The Labute approximate surface area is 169 Å². The van der Waals surface area contributed by atoms with Crippen LogP contribution >= 0.6 is 0 Å². The average molecular weight is 399 g/mol. The predicted octanol–water partition coefficient (Wildman–Crippen LogP) is 1.77. The van der Waals surface area contributed by atoms with Crippen molar-refractivity contribution in [2.75, 3.05) is 19.0 Å². The summed E-state index contributed by atoms with van der Waals surface area (Å²) in [6, 6.07) is 6.53. The molecule has 0 spiro atoms. The molecule has 0 aliphatic heterocycles. The molecule has 29 heavy (non-hydrogen) atoms. The van der Waals surface area contributed by atoms with Crippen LogP contribution in [0.3, 0.4) is 0 Å². The Bertz CT molecular complexity index is 871. The minimum absolute atomic E-state index is 0.118. The summed E-state index contributed by atoms with van der Waals surface area (Å²) in [6.45, 7) is 3.96. The summed E-state index contributed by atoms with van der Waals surface area (Å²) >= 11 is 0. The number of aromatic nitrogens is 2. The highest BCUT2D eigenvalue weighted by atomic mass is 16.5. The number of nitrogens with zero attached hydrogens (tertiary/aromatic N) is 2. The van der Waals surface area contributed by atoms with Gasteiger partial charge in [0, 0.05) is 30.3 Å². The second-order valence-electron chi connectivity index (χ2n) is 6.35. The number of amides is 3. The Kier molecular flexibility index (Phi) is 8.08. The molecule has 3 amide bonds. The summed E-state index contributed by atoms with van der Waals surface area (Å²) in [5, 5.41) is 8.33. The monoisotopic (exact) mass is 399 g/mol. The second kappa shape index (κ2) is 10.7. The van der Waals surface area contributed by atoms with Crippen LogP contribution in [-0.2, 0) is 4.79 Å². The lowest BCUT2D eigenvalue weighted by molar-refractivity contribution is -0.115. The van der Waals surface area contributed by atoms with E-state index in [2.05, 4.69) is 25.9 Å². The maximum absolute atomic E-state index is 12.3. The average Bonchev–Trinajstić information content (AvgIpc) is 2.73. The molecule has 0 bridgehead atoms. The van der Waals surface area contributed by atoms with E-state index in [9.17, 15) is 14.4 Å². The molecule has 0 saturated heterocycles. The number of nitrogens with one attached hydrogen (secondary N) is 3. The van der Waals surface area contributed by atoms with Crippen LogP contribution in [0.15, 0.2) is 36.7 Å². The van der Waals surface area contributed by atoms with E-state index in [1.165, 1.54) is 19.5 Å². The van der Waals surface area contributed by atoms with Crippen molar-refractivity contribution in [1.29, 1.82) is 0 Å². The number of carbonyl (C=O) groups is 3. The van der Waals surface area contributed by atoms with Crippen LogP contribution in [0.4, 0.5) is 5.69 Å². The molecule has 2 aromatic rings. The standard InChI is InChI=1S/C20H25N5O4/c1-4-17(26)24-15-7-5-6-14(10-15)19(27)22-9-8-13(2)23-20(28)16-11-21-12-18(25-16)29-3/h5-7,10-13H,4,8-9H2,1-3H3,(H,22,27)(H,23,28)(H,24,26)/t13-/m0/s1. The lowest BCUT2D eigenvalue weighted by atomic mass is 10.1. The molecule has 154 valence electrons. The Morgan fingerprint density at radius 2 is 1.97 bits per heavy atom. The van der Waals surface area contributed by atoms with Gasteiger partial charge in [-0.05, 0) is 31.5 Å². The van der Waals surface area contributed by atoms with Gasteiger partial charge in [-0.25, -0.2) is 4.98 Å². The molecule has 0 radical (unpaired) electrons. The molecule has 1 aromatic heterocycles. The van der Waals surface area contributed by atoms with Crippen LogP contribution in [0, 0.1) is 0 Å². The van der Waals surface area contributed by atoms with Crippen LogP contribution < -0.4 is 20.7 Å². The third kappa shape index (κ3) is 6.87. The van der Waals surface area contributed by atoms with E-state index in [1.807, 2.05) is 6.92 Å². The van der Waals surface area contributed by atoms with Crippen molar-refractivity contribution in [2.24, 2.45) is 0 Å². The van der Waals surface area contributed by atoms with Crippen molar-refractivity contribution in [3.8, 4) is 5.88 Å². The third-order valence-corrected chi connectivity index (χ3v) is 4.02. The molecular formula is C20H25N5O4. The van der Waals surface area contributed by atoms with Gasteiger partial charge in [-0.1, -0.05) is 13.0 Å². The predicted molar refractivity (Wildman–Crippen MR) is 108 cm³/mol. The van der Waals surface area contributed by atoms with Gasteiger partial charge < -0.3 is 20.7 Å². The van der Waals surface area contributed by atoms with Crippen LogP contribution in [0.1, 0.15) is 47.5 Å². The number of ether oxygens (including phenoxy) is 1. The largest absolute Gasteiger partial charge is 0.480 e. The van der Waals surface area contributed by atoms with Crippen molar-refractivity contribution in [2.45, 2.75) is 32.7 Å². The molecule has 0 saturated carbocycles. The van der Waals surface area contributed by atoms with E-state index >= 15 is 0 Å². The quantitative estimate of drug-likeness (QED) is 0.591. The molecule has 3 N–H and O–H groups in total. The fraction of sp³-hybridized carbons (Fsp3) is 0.350. The van der Waals surface area contributed by atoms with Gasteiger partial charge in [-0.2, -0.15) is 0 Å². The highest BCUT2D eigenvalue weighted by Crippen LogP contribution is 2.11. The van der Waals surface area contributed by atoms with Gasteiger partial charge in [0.1, 0.15) is 5.69 Å². The zero-order chi connectivity index (χ0) is 21.2. The molecule has 0 unspecified atom stereocenters. The first-order valence-corrected chi connectivity index (χ1v) is 9.28. The number of methoxy groups -OCH3 is 1. The van der Waals surface area contributed by atoms with E-state index in [4.69, 9.17) is 4.74 Å². The summed E-state index contributed by atoms with van der Waals surface area (Å²) in [5.41, 5.74) is 1.18. The highest BCUT2D eigenvalue weighted by molar-refractivity contribution is 5.97. The molecular weight excluding hydrogens is 374 g/mol. The first kappa shape index (κ1) is 21.8. The number of rotatable bonds is 9. The molecule has 1 aromatic carbocycles. The fourth-order valence-corrected chi connectivity index (χ4v) is 2.42. The van der Waals surface area contributed by atoms with E-state index < -0.39 is 0 Å². The molecule has 0 aliphatic rings. The molecule has 2 rings (SSSR count). The van der Waals surface area contributed by atoms with Gasteiger partial charge in [-0.3, -0.25) is 19.4 Å². The van der Waals surface area contributed by atoms with Crippen molar-refractivity contribution in [1.82, 2.24) is 20.6 Å². The SMILES string of the molecule is CCC(=O)Nc1cccc(C(=O)NCC[C@H](C)NC(=O)c2cncc(OC)n2)c1. The zero-order valence-corrected chi connectivity index (χ0v) is 16.7. The molecule has 0 fully saturated rings. The lowest BCUT2D eigenvalue weighted by Gasteiger charge is -2.14. The van der Waals surface area contributed by atoms with Crippen LogP contribution in [0.5, 0.6) is 5.88 Å². The fourth-order valence-electron chi connectivity index (χ4n) is 2.42. The molecule has 9 heteroatoms. The Hall–Kier alpha value is -3.49. The second-order valence-corrected chi connectivity index (χ2v) is 6.35. The summed E-state index contributed by atoms with van der Waals surface area (Å²) in [6.07, 6.45) is 3.66. The van der Waals surface area contributed by atoms with Gasteiger partial charge in [0.05, 0.1) is 19.5 Å². The van der Waals surface area contributed by atoms with Crippen LogP contribution in [0.2, 0.25) is 0 Å². The van der Waals surface area contributed by atoms with Gasteiger partial charge >= 0.3 is 0 Å². The number of carbonyl (C=O) groups excluding carboxylic acids is 3. The number of benzene rings is 1. The summed E-state index contributed by atoms with van der Waals surface area (Å²) in [4.78, 5) is 43.9. The Morgan fingerprint density at radius 1 is 1.17 bits per heavy atom. The van der Waals surface area contributed by atoms with E-state index in [-0.39, 0.29) is 35.3 Å². The Balaban J connectivity index is 1.81. The van der Waals surface area contributed by atoms with Crippen molar-refractivity contribution < 1.29 is 19.1 Å². The summed E-state index contributed by atoms with van der Waals surface area (Å²) in [7, 11) is 1.45. The molecule has 9 nitrogen and oxygen atoms in total.